The lowest BCUT2D eigenvalue weighted by molar-refractivity contribution is 0.565. The van der Waals surface area contributed by atoms with Crippen LogP contribution in [0.2, 0.25) is 0 Å². The molecule has 2 aliphatic heterocycles. The second-order valence-corrected chi connectivity index (χ2v) is 16.3. The Bertz CT molecular complexity index is 2820. The molecule has 4 atom stereocenters. The number of aromatic nitrogens is 1. The first-order valence-electron chi connectivity index (χ1n) is 21.0. The van der Waals surface area contributed by atoms with Crippen molar-refractivity contribution in [3.05, 3.63) is 211 Å². The standard InChI is InChI=1S/C54H44N4/c1-7-19-49-43(13-1)44-14-2-8-20-50(44)56(49)40-31-25-37(26-32-40)55(38-27-33-41(34-28-38)57-51-21-9-3-15-45(51)46-16-4-10-22-52(46)57)39-29-35-42(36-30-39)58-53-23-11-5-17-47(53)48-18-6-12-24-54(48)58/h1-9,11,13-21,23,25-36,45,48,51,54H,10,12,22,24H2. The number of rotatable bonds is 6. The number of para-hydroxylation sites is 3. The van der Waals surface area contributed by atoms with Gasteiger partial charge in [-0.2, -0.15) is 0 Å². The molecule has 7 aromatic rings. The molecule has 4 nitrogen and oxygen atoms in total. The fourth-order valence-electron chi connectivity index (χ4n) is 10.7. The summed E-state index contributed by atoms with van der Waals surface area (Å²) in [4.78, 5) is 7.60. The van der Waals surface area contributed by atoms with E-state index in [1.165, 1.54) is 55.7 Å². The van der Waals surface area contributed by atoms with Crippen LogP contribution in [-0.4, -0.2) is 16.7 Å². The molecule has 4 heteroatoms. The zero-order valence-corrected chi connectivity index (χ0v) is 32.4. The number of fused-ring (bicyclic) bond motifs is 8. The van der Waals surface area contributed by atoms with Crippen LogP contribution in [-0.2, 0) is 0 Å². The summed E-state index contributed by atoms with van der Waals surface area (Å²) in [5, 5.41) is 2.55. The molecular formula is C54H44N4. The summed E-state index contributed by atoms with van der Waals surface area (Å²) in [5.74, 6) is 0.844. The third-order valence-electron chi connectivity index (χ3n) is 13.2. The highest BCUT2D eigenvalue weighted by molar-refractivity contribution is 6.09. The topological polar surface area (TPSA) is 14.7 Å². The quantitative estimate of drug-likeness (QED) is 0.157. The molecule has 12 rings (SSSR count). The van der Waals surface area contributed by atoms with Gasteiger partial charge in [-0.1, -0.05) is 103 Å². The predicted molar refractivity (Wildman–Crippen MR) is 242 cm³/mol. The highest BCUT2D eigenvalue weighted by Crippen LogP contribution is 2.50. The van der Waals surface area contributed by atoms with Gasteiger partial charge in [0.15, 0.2) is 0 Å². The van der Waals surface area contributed by atoms with Crippen molar-refractivity contribution in [2.24, 2.45) is 5.92 Å². The molecule has 0 spiro atoms. The molecule has 0 fully saturated rings. The first-order valence-corrected chi connectivity index (χ1v) is 21.0. The van der Waals surface area contributed by atoms with Crippen LogP contribution in [0, 0.1) is 5.92 Å². The second kappa shape index (κ2) is 13.4. The maximum absolute atomic E-state index is 2.59. The largest absolute Gasteiger partial charge is 0.337 e. The SMILES string of the molecule is C1=CC2C3=C(CCC=C3)N(c3ccc(N(c4ccc(N5c6ccccc6C6C=CCCC65)cc4)c4ccc(-n5c6ccccc6c6ccccc65)cc4)cc3)C2C=C1. The van der Waals surface area contributed by atoms with Crippen LogP contribution in [0.5, 0.6) is 0 Å². The van der Waals surface area contributed by atoms with E-state index in [0.717, 1.165) is 48.4 Å². The molecule has 5 aliphatic rings. The van der Waals surface area contributed by atoms with Crippen LogP contribution in [0.3, 0.4) is 0 Å². The number of hydrogen-bond donors (Lipinski definition) is 0. The second-order valence-electron chi connectivity index (χ2n) is 16.3. The van der Waals surface area contributed by atoms with Crippen molar-refractivity contribution in [1.29, 1.82) is 0 Å². The van der Waals surface area contributed by atoms with E-state index in [1.807, 2.05) is 0 Å². The molecule has 0 saturated carbocycles. The smallest absolute Gasteiger partial charge is 0.0626 e. The summed E-state index contributed by atoms with van der Waals surface area (Å²) in [6.07, 6.45) is 23.2. The number of nitrogens with zero attached hydrogens (tertiary/aromatic N) is 4. The summed E-state index contributed by atoms with van der Waals surface area (Å²) < 4.78 is 2.39. The molecular weight excluding hydrogens is 705 g/mol. The first kappa shape index (κ1) is 33.4. The molecule has 0 N–H and O–H groups in total. The van der Waals surface area contributed by atoms with Crippen molar-refractivity contribution >= 4 is 55.9 Å². The molecule has 280 valence electrons. The van der Waals surface area contributed by atoms with Gasteiger partial charge in [0.05, 0.1) is 17.1 Å². The lowest BCUT2D eigenvalue weighted by Crippen LogP contribution is -2.32. The highest BCUT2D eigenvalue weighted by Gasteiger charge is 2.40. The average molecular weight is 749 g/mol. The molecule has 4 unspecified atom stereocenters. The molecule has 3 heterocycles. The minimum atomic E-state index is 0.315. The normalized spacial score (nSPS) is 21.4. The van der Waals surface area contributed by atoms with Gasteiger partial charge in [0, 0.05) is 74.2 Å². The van der Waals surface area contributed by atoms with Crippen molar-refractivity contribution in [2.75, 3.05) is 14.7 Å². The monoisotopic (exact) mass is 748 g/mol. The minimum Gasteiger partial charge on any atom is -0.337 e. The highest BCUT2D eigenvalue weighted by atomic mass is 15.2. The number of anilines is 6. The van der Waals surface area contributed by atoms with E-state index >= 15 is 0 Å². The predicted octanol–water partition coefficient (Wildman–Crippen LogP) is 13.7. The Morgan fingerprint density at radius 2 is 1.10 bits per heavy atom. The van der Waals surface area contributed by atoms with E-state index in [0.29, 0.717) is 23.9 Å². The van der Waals surface area contributed by atoms with Crippen LogP contribution < -0.4 is 14.7 Å². The van der Waals surface area contributed by atoms with Crippen molar-refractivity contribution in [3.63, 3.8) is 0 Å². The van der Waals surface area contributed by atoms with Gasteiger partial charge in [-0.05, 0) is 128 Å². The zero-order chi connectivity index (χ0) is 38.2. The maximum atomic E-state index is 2.59. The zero-order valence-electron chi connectivity index (χ0n) is 32.4. The third-order valence-corrected chi connectivity index (χ3v) is 13.2. The Labute approximate surface area is 340 Å². The molecule has 0 bridgehead atoms. The summed E-state index contributed by atoms with van der Waals surface area (Å²) in [6.45, 7) is 0. The van der Waals surface area contributed by atoms with E-state index in [2.05, 4.69) is 213 Å². The van der Waals surface area contributed by atoms with Gasteiger partial charge in [0.25, 0.3) is 0 Å². The first-order chi connectivity index (χ1) is 28.8. The summed E-state index contributed by atoms with van der Waals surface area (Å²) >= 11 is 0. The minimum absolute atomic E-state index is 0.315. The van der Waals surface area contributed by atoms with Gasteiger partial charge < -0.3 is 19.3 Å². The van der Waals surface area contributed by atoms with Crippen LogP contribution in [0.25, 0.3) is 27.5 Å². The van der Waals surface area contributed by atoms with E-state index in [1.54, 1.807) is 0 Å². The molecule has 0 amide bonds. The lowest BCUT2D eigenvalue weighted by atomic mass is 9.88. The Morgan fingerprint density at radius 1 is 0.500 bits per heavy atom. The van der Waals surface area contributed by atoms with Crippen molar-refractivity contribution < 1.29 is 0 Å². The summed E-state index contributed by atoms with van der Waals surface area (Å²) in [7, 11) is 0. The van der Waals surface area contributed by atoms with E-state index < -0.39 is 0 Å². The Hall–Kier alpha value is -6.78. The number of hydrogen-bond acceptors (Lipinski definition) is 3. The van der Waals surface area contributed by atoms with Gasteiger partial charge in [-0.15, -0.1) is 0 Å². The van der Waals surface area contributed by atoms with Gasteiger partial charge in [-0.25, -0.2) is 0 Å². The fraction of sp³-hybridized carbons (Fsp3) is 0.148. The lowest BCUT2D eigenvalue weighted by Gasteiger charge is -2.33. The van der Waals surface area contributed by atoms with Gasteiger partial charge in [0.2, 0.25) is 0 Å². The molecule has 0 saturated heterocycles. The summed E-state index contributed by atoms with van der Waals surface area (Å²) in [5.41, 5.74) is 15.2. The molecule has 0 radical (unpaired) electrons. The van der Waals surface area contributed by atoms with Gasteiger partial charge in [-0.3, -0.25) is 0 Å². The van der Waals surface area contributed by atoms with E-state index in [4.69, 9.17) is 0 Å². The van der Waals surface area contributed by atoms with Crippen LogP contribution in [0.15, 0.2) is 205 Å². The molecule has 3 aliphatic carbocycles. The van der Waals surface area contributed by atoms with Gasteiger partial charge >= 0.3 is 0 Å². The number of benzene rings is 6. The van der Waals surface area contributed by atoms with Gasteiger partial charge in [0.1, 0.15) is 0 Å². The van der Waals surface area contributed by atoms with E-state index in [9.17, 15) is 0 Å². The average Bonchev–Trinajstić information content (AvgIpc) is 3.93. The van der Waals surface area contributed by atoms with Crippen molar-refractivity contribution in [3.8, 4) is 5.69 Å². The Kier molecular flexibility index (Phi) is 7.72. The third kappa shape index (κ3) is 5.14. The fourth-order valence-corrected chi connectivity index (χ4v) is 10.7. The molecule has 6 aromatic carbocycles. The maximum Gasteiger partial charge on any atom is 0.0626 e. The summed E-state index contributed by atoms with van der Waals surface area (Å²) in [6, 6.07) is 54.9. The van der Waals surface area contributed by atoms with Crippen molar-refractivity contribution in [2.45, 2.75) is 43.7 Å². The number of allylic oxidation sites excluding steroid dienone is 6. The molecule has 58 heavy (non-hydrogen) atoms. The van der Waals surface area contributed by atoms with Crippen LogP contribution in [0.4, 0.5) is 34.1 Å². The van der Waals surface area contributed by atoms with Crippen LogP contribution >= 0.6 is 0 Å². The van der Waals surface area contributed by atoms with E-state index in [-0.39, 0.29) is 0 Å². The Balaban J connectivity index is 0.943. The van der Waals surface area contributed by atoms with Crippen LogP contribution in [0.1, 0.15) is 37.2 Å². The van der Waals surface area contributed by atoms with Crippen molar-refractivity contribution in [1.82, 2.24) is 4.57 Å². The molecule has 1 aromatic heterocycles. The Morgan fingerprint density at radius 3 is 1.81 bits per heavy atom.